The van der Waals surface area contributed by atoms with Crippen molar-refractivity contribution in [1.82, 2.24) is 4.72 Å². The maximum atomic E-state index is 13.5. The summed E-state index contributed by atoms with van der Waals surface area (Å²) in [6.45, 7) is 1.64. The number of carbonyl (C=O) groups excluding carboxylic acids is 1. The van der Waals surface area contributed by atoms with Gasteiger partial charge in [-0.1, -0.05) is 24.3 Å². The fourth-order valence-corrected chi connectivity index (χ4v) is 5.92. The van der Waals surface area contributed by atoms with Crippen LogP contribution in [0.5, 0.6) is 0 Å². The standard InChI is InChI=1S/C22H26ClN3O3S/c23-15-22(27)24-17-10-11-20(26-12-3-4-13-26)21(14-17)30(28,29)25-19-9-5-7-16-6-1-2-8-18(16)19/h1-2,6,8,10-11,14,19,25H,3-5,7,9,12-13,15H2,(H,24,27)/t19-/m1/s1. The lowest BCUT2D eigenvalue weighted by molar-refractivity contribution is -0.113. The number of carbonyl (C=O) groups is 1. The minimum atomic E-state index is -3.81. The molecule has 160 valence electrons. The first-order valence-electron chi connectivity index (χ1n) is 10.3. The van der Waals surface area contributed by atoms with Gasteiger partial charge >= 0.3 is 0 Å². The van der Waals surface area contributed by atoms with Crippen LogP contribution in [0.1, 0.15) is 42.9 Å². The van der Waals surface area contributed by atoms with Crippen molar-refractivity contribution in [1.29, 1.82) is 0 Å². The Kier molecular flexibility index (Phi) is 6.32. The SMILES string of the molecule is O=C(CCl)Nc1ccc(N2CCCC2)c(S(=O)(=O)N[C@@H]2CCCc3ccccc32)c1. The molecule has 1 fully saturated rings. The van der Waals surface area contributed by atoms with Crippen molar-refractivity contribution < 1.29 is 13.2 Å². The Morgan fingerprint density at radius 2 is 1.87 bits per heavy atom. The lowest BCUT2D eigenvalue weighted by atomic mass is 9.88. The summed E-state index contributed by atoms with van der Waals surface area (Å²) >= 11 is 5.59. The molecule has 8 heteroatoms. The van der Waals surface area contributed by atoms with Crippen LogP contribution in [0.25, 0.3) is 0 Å². The molecule has 30 heavy (non-hydrogen) atoms. The van der Waals surface area contributed by atoms with Crippen LogP contribution < -0.4 is 14.9 Å². The first kappa shape index (κ1) is 21.2. The van der Waals surface area contributed by atoms with Gasteiger partial charge in [0.05, 0.1) is 5.69 Å². The first-order chi connectivity index (χ1) is 14.5. The van der Waals surface area contributed by atoms with Crippen LogP contribution in [0.2, 0.25) is 0 Å². The van der Waals surface area contributed by atoms with Gasteiger partial charge in [-0.05, 0) is 61.4 Å². The molecule has 4 rings (SSSR count). The molecule has 1 atom stereocenters. The summed E-state index contributed by atoms with van der Waals surface area (Å²) in [5, 5.41) is 2.66. The van der Waals surface area contributed by atoms with Crippen molar-refractivity contribution in [2.24, 2.45) is 0 Å². The summed E-state index contributed by atoms with van der Waals surface area (Å²) in [5.74, 6) is -0.560. The molecule has 0 saturated carbocycles. The van der Waals surface area contributed by atoms with Crippen molar-refractivity contribution in [2.45, 2.75) is 43.0 Å². The van der Waals surface area contributed by atoms with Gasteiger partial charge in [-0.15, -0.1) is 11.6 Å². The summed E-state index contributed by atoms with van der Waals surface area (Å²) in [7, 11) is -3.81. The minimum absolute atomic E-state index is 0.187. The van der Waals surface area contributed by atoms with Crippen LogP contribution >= 0.6 is 11.6 Å². The lowest BCUT2D eigenvalue weighted by Gasteiger charge is -2.28. The van der Waals surface area contributed by atoms with E-state index in [0.29, 0.717) is 11.4 Å². The van der Waals surface area contributed by atoms with E-state index < -0.39 is 10.0 Å². The van der Waals surface area contributed by atoms with Crippen molar-refractivity contribution in [3.8, 4) is 0 Å². The summed E-state index contributed by atoms with van der Waals surface area (Å²) in [6.07, 6.45) is 4.74. The smallest absolute Gasteiger partial charge is 0.243 e. The van der Waals surface area contributed by atoms with E-state index in [-0.39, 0.29) is 22.7 Å². The minimum Gasteiger partial charge on any atom is -0.370 e. The second-order valence-corrected chi connectivity index (χ2v) is 9.77. The van der Waals surface area contributed by atoms with E-state index >= 15 is 0 Å². The van der Waals surface area contributed by atoms with Gasteiger partial charge < -0.3 is 10.2 Å². The molecule has 0 spiro atoms. The van der Waals surface area contributed by atoms with Crippen LogP contribution in [0.4, 0.5) is 11.4 Å². The highest BCUT2D eigenvalue weighted by Crippen LogP contribution is 2.34. The van der Waals surface area contributed by atoms with Crippen molar-refractivity contribution in [3.05, 3.63) is 53.6 Å². The number of aryl methyl sites for hydroxylation is 1. The van der Waals surface area contributed by atoms with Crippen molar-refractivity contribution >= 4 is 38.9 Å². The highest BCUT2D eigenvalue weighted by molar-refractivity contribution is 7.89. The number of halogens is 1. The Hall–Kier alpha value is -2.09. The zero-order valence-corrected chi connectivity index (χ0v) is 18.3. The van der Waals surface area contributed by atoms with Gasteiger partial charge in [0.1, 0.15) is 10.8 Å². The molecule has 2 aromatic rings. The number of benzene rings is 2. The normalized spacial score (nSPS) is 18.8. The van der Waals surface area contributed by atoms with E-state index in [1.54, 1.807) is 12.1 Å². The number of rotatable bonds is 6. The Bertz CT molecular complexity index is 1040. The predicted octanol–water partition coefficient (Wildman–Crippen LogP) is 3.82. The maximum Gasteiger partial charge on any atom is 0.243 e. The molecule has 6 nitrogen and oxygen atoms in total. The third-order valence-corrected chi connectivity index (χ3v) is 7.51. The fraction of sp³-hybridized carbons (Fsp3) is 0.409. The largest absolute Gasteiger partial charge is 0.370 e. The zero-order valence-electron chi connectivity index (χ0n) is 16.7. The van der Waals surface area contributed by atoms with Crippen LogP contribution in [0.15, 0.2) is 47.4 Å². The maximum absolute atomic E-state index is 13.5. The summed E-state index contributed by atoms with van der Waals surface area (Å²) in [5.41, 5.74) is 3.34. The monoisotopic (exact) mass is 447 g/mol. The van der Waals surface area contributed by atoms with Crippen LogP contribution in [0.3, 0.4) is 0 Å². The molecule has 1 amide bonds. The number of nitrogens with one attached hydrogen (secondary N) is 2. The van der Waals surface area contributed by atoms with E-state index in [9.17, 15) is 13.2 Å². The first-order valence-corrected chi connectivity index (χ1v) is 12.3. The second kappa shape index (κ2) is 8.96. The molecule has 0 bridgehead atoms. The molecule has 0 aromatic heterocycles. The van der Waals surface area contributed by atoms with E-state index in [2.05, 4.69) is 21.0 Å². The Balaban J connectivity index is 1.69. The van der Waals surface area contributed by atoms with Crippen LogP contribution in [0, 0.1) is 0 Å². The molecule has 0 radical (unpaired) electrons. The van der Waals surface area contributed by atoms with E-state index in [0.717, 1.165) is 50.8 Å². The van der Waals surface area contributed by atoms with E-state index in [4.69, 9.17) is 11.6 Å². The van der Waals surface area contributed by atoms with Crippen molar-refractivity contribution in [2.75, 3.05) is 29.2 Å². The number of sulfonamides is 1. The van der Waals surface area contributed by atoms with E-state index in [1.165, 1.54) is 11.6 Å². The lowest BCUT2D eigenvalue weighted by Crippen LogP contribution is -2.32. The molecule has 1 saturated heterocycles. The van der Waals surface area contributed by atoms with Gasteiger partial charge in [0.2, 0.25) is 15.9 Å². The number of alkyl halides is 1. The molecule has 2 aromatic carbocycles. The Morgan fingerprint density at radius 3 is 2.63 bits per heavy atom. The number of anilines is 2. The van der Waals surface area contributed by atoms with Crippen LogP contribution in [-0.2, 0) is 21.2 Å². The van der Waals surface area contributed by atoms with Gasteiger partial charge in [0, 0.05) is 24.8 Å². The predicted molar refractivity (Wildman–Crippen MR) is 120 cm³/mol. The quantitative estimate of drug-likeness (QED) is 0.660. The number of hydrogen-bond acceptors (Lipinski definition) is 4. The van der Waals surface area contributed by atoms with Crippen molar-refractivity contribution in [3.63, 3.8) is 0 Å². The van der Waals surface area contributed by atoms with Gasteiger partial charge in [-0.3, -0.25) is 4.79 Å². The molecule has 1 aliphatic heterocycles. The molecular formula is C22H26ClN3O3S. The van der Waals surface area contributed by atoms with Gasteiger partial charge in [-0.2, -0.15) is 0 Å². The topological polar surface area (TPSA) is 78.5 Å². The Labute approximate surface area is 182 Å². The fourth-order valence-electron chi connectivity index (χ4n) is 4.35. The van der Waals surface area contributed by atoms with E-state index in [1.807, 2.05) is 18.2 Å². The third kappa shape index (κ3) is 4.48. The highest BCUT2D eigenvalue weighted by atomic mass is 35.5. The molecule has 1 aliphatic carbocycles. The summed E-state index contributed by atoms with van der Waals surface area (Å²) in [4.78, 5) is 14.0. The number of nitrogens with zero attached hydrogens (tertiary/aromatic N) is 1. The zero-order chi connectivity index (χ0) is 21.1. The number of amides is 1. The number of hydrogen-bond donors (Lipinski definition) is 2. The highest BCUT2D eigenvalue weighted by Gasteiger charge is 2.29. The summed E-state index contributed by atoms with van der Waals surface area (Å²) in [6, 6.07) is 12.8. The van der Waals surface area contributed by atoms with Gasteiger partial charge in [0.15, 0.2) is 0 Å². The average molecular weight is 448 g/mol. The molecule has 1 heterocycles. The molecule has 2 N–H and O–H groups in total. The summed E-state index contributed by atoms with van der Waals surface area (Å²) < 4.78 is 30.0. The molecular weight excluding hydrogens is 422 g/mol. The van der Waals surface area contributed by atoms with Gasteiger partial charge in [-0.25, -0.2) is 13.1 Å². The molecule has 0 unspecified atom stereocenters. The second-order valence-electron chi connectivity index (χ2n) is 7.82. The number of fused-ring (bicyclic) bond motifs is 1. The Morgan fingerprint density at radius 1 is 1.10 bits per heavy atom. The van der Waals surface area contributed by atoms with Gasteiger partial charge in [0.25, 0.3) is 0 Å². The molecule has 2 aliphatic rings. The third-order valence-electron chi connectivity index (χ3n) is 5.77. The average Bonchev–Trinajstić information content (AvgIpc) is 3.28. The van der Waals surface area contributed by atoms with Crippen LogP contribution in [-0.4, -0.2) is 33.3 Å².